The minimum absolute atomic E-state index is 0.288. The number of amides is 2. The summed E-state index contributed by atoms with van der Waals surface area (Å²) in [4.78, 5) is 40.9. The second-order valence-electron chi connectivity index (χ2n) is 4.99. The minimum Gasteiger partial charge on any atom is -0.481 e. The smallest absolute Gasteiger partial charge is 0.305 e. The lowest BCUT2D eigenvalue weighted by Gasteiger charge is -2.34. The molecule has 0 bridgehead atoms. The lowest BCUT2D eigenvalue weighted by molar-refractivity contribution is -0.142. The topological polar surface area (TPSA) is 99.6 Å². The number of nitrogens with zero attached hydrogens (tertiary/aromatic N) is 2. The Balaban J connectivity index is 2.30. The minimum atomic E-state index is -1.12. The molecule has 0 saturated carbocycles. The maximum absolute atomic E-state index is 12.6. The monoisotopic (exact) mass is 291 g/mol. The molecule has 0 spiro atoms. The van der Waals surface area contributed by atoms with Crippen molar-refractivity contribution in [2.45, 2.75) is 26.3 Å². The number of carbonyl (C=O) groups is 3. The standard InChI is InChI=1S/C14H17N3O4/c1-8-3-4-10(9(2)16-8)14(21)17-6-5-15-13(20)11(17)7-12(18)19/h3-4,11H,5-7H2,1-2H3,(H,15,20)(H,18,19). The summed E-state index contributed by atoms with van der Waals surface area (Å²) in [6, 6.07) is 2.39. The van der Waals surface area contributed by atoms with Crippen molar-refractivity contribution in [3.8, 4) is 0 Å². The van der Waals surface area contributed by atoms with Crippen molar-refractivity contribution in [2.75, 3.05) is 13.1 Å². The Hall–Kier alpha value is -2.44. The number of rotatable bonds is 3. The highest BCUT2D eigenvalue weighted by Gasteiger charge is 2.35. The molecule has 1 aromatic heterocycles. The third kappa shape index (κ3) is 3.18. The molecule has 0 radical (unpaired) electrons. The number of aryl methyl sites for hydroxylation is 2. The van der Waals surface area contributed by atoms with Gasteiger partial charge in [-0.3, -0.25) is 19.4 Å². The maximum Gasteiger partial charge on any atom is 0.305 e. The molecule has 7 heteroatoms. The van der Waals surface area contributed by atoms with Crippen LogP contribution in [0.15, 0.2) is 12.1 Å². The van der Waals surface area contributed by atoms with Gasteiger partial charge in [-0.05, 0) is 26.0 Å². The van der Waals surface area contributed by atoms with E-state index in [4.69, 9.17) is 5.11 Å². The van der Waals surface area contributed by atoms with Crippen molar-refractivity contribution in [2.24, 2.45) is 0 Å². The molecule has 2 N–H and O–H groups in total. The first kappa shape index (κ1) is 15.0. The van der Waals surface area contributed by atoms with E-state index in [9.17, 15) is 14.4 Å². The van der Waals surface area contributed by atoms with Gasteiger partial charge in [-0.15, -0.1) is 0 Å². The van der Waals surface area contributed by atoms with Crippen LogP contribution in [0.4, 0.5) is 0 Å². The molecule has 0 aromatic carbocycles. The number of aromatic nitrogens is 1. The fourth-order valence-corrected chi connectivity index (χ4v) is 2.39. The molecule has 7 nitrogen and oxygen atoms in total. The first-order chi connectivity index (χ1) is 9.90. The summed E-state index contributed by atoms with van der Waals surface area (Å²) in [6.45, 7) is 4.15. The van der Waals surface area contributed by atoms with Crippen LogP contribution < -0.4 is 5.32 Å². The highest BCUT2D eigenvalue weighted by Crippen LogP contribution is 2.16. The van der Waals surface area contributed by atoms with E-state index < -0.39 is 24.3 Å². The predicted octanol–water partition coefficient (Wildman–Crippen LogP) is 0.114. The first-order valence-corrected chi connectivity index (χ1v) is 6.65. The summed E-state index contributed by atoms with van der Waals surface area (Å²) < 4.78 is 0. The molecule has 1 unspecified atom stereocenters. The summed E-state index contributed by atoms with van der Waals surface area (Å²) in [7, 11) is 0. The number of hydrogen-bond acceptors (Lipinski definition) is 4. The molecule has 0 aliphatic carbocycles. The van der Waals surface area contributed by atoms with E-state index in [1.54, 1.807) is 19.1 Å². The van der Waals surface area contributed by atoms with E-state index in [0.717, 1.165) is 5.69 Å². The van der Waals surface area contributed by atoms with E-state index in [1.807, 2.05) is 6.92 Å². The summed E-state index contributed by atoms with van der Waals surface area (Å²) >= 11 is 0. The van der Waals surface area contributed by atoms with Crippen molar-refractivity contribution in [1.29, 1.82) is 0 Å². The molecule has 21 heavy (non-hydrogen) atoms. The van der Waals surface area contributed by atoms with Gasteiger partial charge in [0, 0.05) is 18.8 Å². The summed E-state index contributed by atoms with van der Waals surface area (Å²) in [5.74, 6) is -1.91. The van der Waals surface area contributed by atoms with E-state index in [2.05, 4.69) is 10.3 Å². The Bertz CT molecular complexity index is 600. The Labute approximate surface area is 122 Å². The number of carbonyl (C=O) groups excluding carboxylic acids is 2. The summed E-state index contributed by atoms with van der Waals surface area (Å²) in [6.07, 6.45) is -0.407. The summed E-state index contributed by atoms with van der Waals surface area (Å²) in [5.41, 5.74) is 1.76. The van der Waals surface area contributed by atoms with Gasteiger partial charge in [0.05, 0.1) is 17.7 Å². The molecular formula is C14H17N3O4. The number of pyridine rings is 1. The third-order valence-electron chi connectivity index (χ3n) is 3.42. The van der Waals surface area contributed by atoms with Gasteiger partial charge < -0.3 is 15.3 Å². The van der Waals surface area contributed by atoms with E-state index in [1.165, 1.54) is 4.90 Å². The lowest BCUT2D eigenvalue weighted by Crippen LogP contribution is -2.57. The Morgan fingerprint density at radius 3 is 2.76 bits per heavy atom. The molecule has 1 saturated heterocycles. The van der Waals surface area contributed by atoms with Gasteiger partial charge in [0.1, 0.15) is 6.04 Å². The van der Waals surface area contributed by atoms with Crippen LogP contribution in [0.3, 0.4) is 0 Å². The number of hydrogen-bond donors (Lipinski definition) is 2. The Morgan fingerprint density at radius 1 is 1.43 bits per heavy atom. The average molecular weight is 291 g/mol. The van der Waals surface area contributed by atoms with Crippen molar-refractivity contribution in [1.82, 2.24) is 15.2 Å². The molecule has 2 rings (SSSR count). The van der Waals surface area contributed by atoms with Crippen LogP contribution in [0.1, 0.15) is 28.2 Å². The predicted molar refractivity (Wildman–Crippen MR) is 73.8 cm³/mol. The molecular weight excluding hydrogens is 274 g/mol. The zero-order valence-electron chi connectivity index (χ0n) is 11.9. The van der Waals surface area contributed by atoms with Crippen LogP contribution in [0.25, 0.3) is 0 Å². The van der Waals surface area contributed by atoms with Gasteiger partial charge >= 0.3 is 5.97 Å². The molecule has 1 fully saturated rings. The zero-order valence-corrected chi connectivity index (χ0v) is 11.9. The molecule has 1 atom stereocenters. The van der Waals surface area contributed by atoms with E-state index >= 15 is 0 Å². The van der Waals surface area contributed by atoms with Gasteiger partial charge in [-0.2, -0.15) is 0 Å². The zero-order chi connectivity index (χ0) is 15.6. The normalized spacial score (nSPS) is 18.3. The van der Waals surface area contributed by atoms with Crippen LogP contribution in [-0.2, 0) is 9.59 Å². The highest BCUT2D eigenvalue weighted by molar-refractivity contribution is 5.99. The van der Waals surface area contributed by atoms with Gasteiger partial charge in [0.25, 0.3) is 5.91 Å². The third-order valence-corrected chi connectivity index (χ3v) is 3.42. The highest BCUT2D eigenvalue weighted by atomic mass is 16.4. The van der Waals surface area contributed by atoms with Gasteiger partial charge in [-0.25, -0.2) is 0 Å². The van der Waals surface area contributed by atoms with Crippen molar-refractivity contribution >= 4 is 17.8 Å². The average Bonchev–Trinajstić information content (AvgIpc) is 2.40. The number of nitrogens with one attached hydrogen (secondary N) is 1. The molecule has 2 heterocycles. The molecule has 2 amide bonds. The second-order valence-corrected chi connectivity index (χ2v) is 4.99. The number of aliphatic carboxylic acids is 1. The van der Waals surface area contributed by atoms with Crippen LogP contribution in [0, 0.1) is 13.8 Å². The van der Waals surface area contributed by atoms with E-state index in [-0.39, 0.29) is 12.5 Å². The number of carboxylic acids is 1. The molecule has 1 aliphatic rings. The van der Waals surface area contributed by atoms with Gasteiger partial charge in [0.2, 0.25) is 5.91 Å². The van der Waals surface area contributed by atoms with E-state index in [0.29, 0.717) is 17.8 Å². The number of carboxylic acid groups (broad SMARTS) is 1. The molecule has 1 aromatic rings. The van der Waals surface area contributed by atoms with Crippen molar-refractivity contribution < 1.29 is 19.5 Å². The van der Waals surface area contributed by atoms with Crippen LogP contribution in [0.2, 0.25) is 0 Å². The number of piperazine rings is 1. The molecule has 112 valence electrons. The SMILES string of the molecule is Cc1ccc(C(=O)N2CCNC(=O)C2CC(=O)O)c(C)n1. The fraction of sp³-hybridized carbons (Fsp3) is 0.429. The first-order valence-electron chi connectivity index (χ1n) is 6.65. The molecule has 1 aliphatic heterocycles. The van der Waals surface area contributed by atoms with Crippen LogP contribution >= 0.6 is 0 Å². The Morgan fingerprint density at radius 2 is 2.14 bits per heavy atom. The summed E-state index contributed by atoms with van der Waals surface area (Å²) in [5, 5.41) is 11.5. The largest absolute Gasteiger partial charge is 0.481 e. The van der Waals surface area contributed by atoms with Crippen LogP contribution in [-0.4, -0.2) is 51.9 Å². The fourth-order valence-electron chi connectivity index (χ4n) is 2.39. The second kappa shape index (κ2) is 5.90. The Kier molecular flexibility index (Phi) is 4.21. The van der Waals surface area contributed by atoms with Crippen molar-refractivity contribution in [3.05, 3.63) is 29.1 Å². The van der Waals surface area contributed by atoms with Crippen molar-refractivity contribution in [3.63, 3.8) is 0 Å². The van der Waals surface area contributed by atoms with Gasteiger partial charge in [-0.1, -0.05) is 0 Å². The van der Waals surface area contributed by atoms with Crippen LogP contribution in [0.5, 0.6) is 0 Å². The lowest BCUT2D eigenvalue weighted by atomic mass is 10.1. The van der Waals surface area contributed by atoms with Gasteiger partial charge in [0.15, 0.2) is 0 Å². The quantitative estimate of drug-likeness (QED) is 0.823. The maximum atomic E-state index is 12.6.